The molecule has 0 saturated carbocycles. The summed E-state index contributed by atoms with van der Waals surface area (Å²) in [4.78, 5) is 22.2. The van der Waals surface area contributed by atoms with Crippen molar-refractivity contribution in [3.05, 3.63) is 89.7 Å². The van der Waals surface area contributed by atoms with Crippen molar-refractivity contribution < 1.29 is 9.53 Å². The molecule has 0 fully saturated rings. The van der Waals surface area contributed by atoms with Crippen LogP contribution in [-0.2, 0) is 0 Å². The summed E-state index contributed by atoms with van der Waals surface area (Å²) in [5, 5.41) is 3.96. The fourth-order valence-corrected chi connectivity index (χ4v) is 3.63. The number of hydrogen-bond acceptors (Lipinski definition) is 4. The number of carbonyl (C=O) groups is 1. The van der Waals surface area contributed by atoms with E-state index in [-0.39, 0.29) is 11.9 Å². The number of carbonyl (C=O) groups excluding carboxylic acids is 1. The van der Waals surface area contributed by atoms with Gasteiger partial charge in [0, 0.05) is 23.3 Å². The van der Waals surface area contributed by atoms with Gasteiger partial charge in [0.2, 0.25) is 0 Å². The van der Waals surface area contributed by atoms with Gasteiger partial charge in [-0.3, -0.25) is 9.78 Å². The van der Waals surface area contributed by atoms with E-state index in [1.54, 1.807) is 12.4 Å². The Bertz CT molecular complexity index is 1220. The van der Waals surface area contributed by atoms with Crippen molar-refractivity contribution in [2.45, 2.75) is 33.2 Å². The second-order valence-corrected chi connectivity index (χ2v) is 7.92. The van der Waals surface area contributed by atoms with E-state index in [1.165, 1.54) is 0 Å². The zero-order valence-corrected chi connectivity index (χ0v) is 18.6. The van der Waals surface area contributed by atoms with Crippen LogP contribution in [0.2, 0.25) is 0 Å². The molecule has 0 unspecified atom stereocenters. The fraction of sp³-hybridized carbons (Fsp3) is 0.222. The van der Waals surface area contributed by atoms with Crippen LogP contribution in [0.25, 0.3) is 22.2 Å². The smallest absolute Gasteiger partial charge is 0.252 e. The zero-order valence-electron chi connectivity index (χ0n) is 18.6. The highest BCUT2D eigenvalue weighted by atomic mass is 16.5. The van der Waals surface area contributed by atoms with E-state index >= 15 is 0 Å². The molecule has 1 amide bonds. The monoisotopic (exact) mass is 425 g/mol. The summed E-state index contributed by atoms with van der Waals surface area (Å²) in [5.74, 6) is 0.701. The first kappa shape index (κ1) is 21.5. The standard InChI is InChI=1S/C27H27N3O2/c1-4-15-32-22-8-6-21(7-9-22)26-17-24(23-16-18(2)5-10-25(23)30-26)27(31)29-19(3)20-11-13-28-14-12-20/h5-14,16-17,19H,4,15H2,1-3H3,(H,29,31)/t19-/m1/s1. The third-order valence-electron chi connectivity index (χ3n) is 5.39. The summed E-state index contributed by atoms with van der Waals surface area (Å²) in [6.07, 6.45) is 4.42. The molecule has 5 heteroatoms. The topological polar surface area (TPSA) is 64.1 Å². The normalized spacial score (nSPS) is 11.8. The van der Waals surface area contributed by atoms with Crippen LogP contribution in [0, 0.1) is 6.92 Å². The number of amides is 1. The Morgan fingerprint density at radius 1 is 1.03 bits per heavy atom. The van der Waals surface area contributed by atoms with Crippen LogP contribution >= 0.6 is 0 Å². The lowest BCUT2D eigenvalue weighted by molar-refractivity contribution is 0.0941. The molecule has 0 aliphatic rings. The highest BCUT2D eigenvalue weighted by molar-refractivity contribution is 6.07. The van der Waals surface area contributed by atoms with E-state index in [4.69, 9.17) is 9.72 Å². The van der Waals surface area contributed by atoms with Crippen molar-refractivity contribution in [2.24, 2.45) is 0 Å². The molecule has 0 spiro atoms. The molecular formula is C27H27N3O2. The van der Waals surface area contributed by atoms with Gasteiger partial charge in [-0.1, -0.05) is 18.6 Å². The number of pyridine rings is 2. The number of benzene rings is 2. The average Bonchev–Trinajstić information content (AvgIpc) is 2.83. The van der Waals surface area contributed by atoms with Gasteiger partial charge < -0.3 is 10.1 Å². The van der Waals surface area contributed by atoms with Crippen LogP contribution in [0.15, 0.2) is 73.1 Å². The molecule has 0 saturated heterocycles. The van der Waals surface area contributed by atoms with Crippen LogP contribution < -0.4 is 10.1 Å². The van der Waals surface area contributed by atoms with E-state index in [0.717, 1.165) is 45.5 Å². The quantitative estimate of drug-likeness (QED) is 0.401. The average molecular weight is 426 g/mol. The van der Waals surface area contributed by atoms with Crippen LogP contribution in [-0.4, -0.2) is 22.5 Å². The molecular weight excluding hydrogens is 398 g/mol. The predicted molar refractivity (Wildman–Crippen MR) is 128 cm³/mol. The summed E-state index contributed by atoms with van der Waals surface area (Å²) >= 11 is 0. The van der Waals surface area contributed by atoms with Crippen molar-refractivity contribution in [2.75, 3.05) is 6.61 Å². The van der Waals surface area contributed by atoms with E-state index < -0.39 is 0 Å². The van der Waals surface area contributed by atoms with Gasteiger partial charge in [-0.05, 0) is 80.4 Å². The molecule has 0 aliphatic heterocycles. The van der Waals surface area contributed by atoms with Gasteiger partial charge in [0.25, 0.3) is 5.91 Å². The molecule has 32 heavy (non-hydrogen) atoms. The van der Waals surface area contributed by atoms with Gasteiger partial charge in [-0.25, -0.2) is 4.98 Å². The second kappa shape index (κ2) is 9.60. The molecule has 5 nitrogen and oxygen atoms in total. The molecule has 1 atom stereocenters. The molecule has 0 bridgehead atoms. The zero-order chi connectivity index (χ0) is 22.5. The maximum atomic E-state index is 13.3. The van der Waals surface area contributed by atoms with Gasteiger partial charge >= 0.3 is 0 Å². The Morgan fingerprint density at radius 3 is 2.50 bits per heavy atom. The third-order valence-corrected chi connectivity index (χ3v) is 5.39. The van der Waals surface area contributed by atoms with Crippen molar-refractivity contribution in [3.63, 3.8) is 0 Å². The van der Waals surface area contributed by atoms with E-state index in [9.17, 15) is 4.79 Å². The second-order valence-electron chi connectivity index (χ2n) is 7.92. The van der Waals surface area contributed by atoms with E-state index in [0.29, 0.717) is 12.2 Å². The Labute approximate surface area is 188 Å². The molecule has 2 aromatic carbocycles. The number of rotatable bonds is 7. The Kier molecular flexibility index (Phi) is 6.45. The maximum absolute atomic E-state index is 13.3. The lowest BCUT2D eigenvalue weighted by Crippen LogP contribution is -2.27. The first-order valence-electron chi connectivity index (χ1n) is 10.9. The van der Waals surface area contributed by atoms with E-state index in [2.05, 4.69) is 17.2 Å². The number of aromatic nitrogens is 2. The van der Waals surface area contributed by atoms with E-state index in [1.807, 2.05) is 74.5 Å². The molecule has 0 aliphatic carbocycles. The fourth-order valence-electron chi connectivity index (χ4n) is 3.63. The van der Waals surface area contributed by atoms with Gasteiger partial charge in [0.1, 0.15) is 5.75 Å². The van der Waals surface area contributed by atoms with Crippen molar-refractivity contribution in [1.29, 1.82) is 0 Å². The van der Waals surface area contributed by atoms with Crippen LogP contribution in [0.5, 0.6) is 5.75 Å². The van der Waals surface area contributed by atoms with Gasteiger partial charge in [-0.15, -0.1) is 0 Å². The summed E-state index contributed by atoms with van der Waals surface area (Å²) in [6, 6.07) is 19.4. The third kappa shape index (κ3) is 4.78. The van der Waals surface area contributed by atoms with Crippen molar-refractivity contribution in [1.82, 2.24) is 15.3 Å². The first-order valence-corrected chi connectivity index (χ1v) is 10.9. The van der Waals surface area contributed by atoms with Crippen LogP contribution in [0.1, 0.15) is 47.8 Å². The van der Waals surface area contributed by atoms with Crippen molar-refractivity contribution >= 4 is 16.8 Å². The SMILES string of the molecule is CCCOc1ccc(-c2cc(C(=O)N[C@H](C)c3ccncc3)c3cc(C)ccc3n2)cc1. The molecule has 4 rings (SSSR count). The number of fused-ring (bicyclic) bond motifs is 1. The number of nitrogens with zero attached hydrogens (tertiary/aromatic N) is 2. The van der Waals surface area contributed by atoms with Crippen LogP contribution in [0.4, 0.5) is 0 Å². The Morgan fingerprint density at radius 2 is 1.78 bits per heavy atom. The molecule has 2 aromatic heterocycles. The minimum atomic E-state index is -0.142. The molecule has 4 aromatic rings. The van der Waals surface area contributed by atoms with Gasteiger partial charge in [0.15, 0.2) is 0 Å². The Hall–Kier alpha value is -3.73. The van der Waals surface area contributed by atoms with Gasteiger partial charge in [-0.2, -0.15) is 0 Å². The van der Waals surface area contributed by atoms with Gasteiger partial charge in [0.05, 0.1) is 29.4 Å². The van der Waals surface area contributed by atoms with Crippen LogP contribution in [0.3, 0.4) is 0 Å². The molecule has 2 heterocycles. The Balaban J connectivity index is 1.70. The van der Waals surface area contributed by atoms with Crippen molar-refractivity contribution in [3.8, 4) is 17.0 Å². The predicted octanol–water partition coefficient (Wildman–Crippen LogP) is 5.89. The summed E-state index contributed by atoms with van der Waals surface area (Å²) in [6.45, 7) is 6.76. The minimum Gasteiger partial charge on any atom is -0.494 e. The number of nitrogens with one attached hydrogen (secondary N) is 1. The maximum Gasteiger partial charge on any atom is 0.252 e. The number of hydrogen-bond donors (Lipinski definition) is 1. The minimum absolute atomic E-state index is 0.128. The molecule has 1 N–H and O–H groups in total. The first-order chi connectivity index (χ1) is 15.5. The number of ether oxygens (including phenoxy) is 1. The number of aryl methyl sites for hydroxylation is 1. The summed E-state index contributed by atoms with van der Waals surface area (Å²) in [7, 11) is 0. The molecule has 162 valence electrons. The lowest BCUT2D eigenvalue weighted by atomic mass is 10.0. The largest absolute Gasteiger partial charge is 0.494 e. The highest BCUT2D eigenvalue weighted by Crippen LogP contribution is 2.27. The highest BCUT2D eigenvalue weighted by Gasteiger charge is 2.17. The molecule has 0 radical (unpaired) electrons. The lowest BCUT2D eigenvalue weighted by Gasteiger charge is -2.16. The summed E-state index contributed by atoms with van der Waals surface area (Å²) < 4.78 is 5.69. The summed E-state index contributed by atoms with van der Waals surface area (Å²) in [5.41, 5.74) is 5.19.